The van der Waals surface area contributed by atoms with Gasteiger partial charge in [0.1, 0.15) is 0 Å². The third-order valence-electron chi connectivity index (χ3n) is 6.38. The van der Waals surface area contributed by atoms with E-state index in [0.29, 0.717) is 5.92 Å². The number of nitrogens with zero attached hydrogens (tertiary/aromatic N) is 2. The molecule has 1 fully saturated rings. The van der Waals surface area contributed by atoms with Crippen LogP contribution in [0.2, 0.25) is 5.02 Å². The van der Waals surface area contributed by atoms with Gasteiger partial charge in [-0.25, -0.2) is 0 Å². The Morgan fingerprint density at radius 3 is 2.76 bits per heavy atom. The summed E-state index contributed by atoms with van der Waals surface area (Å²) >= 11 is 7.61. The average molecular weight is 540 g/mol. The molecule has 3 heterocycles. The van der Waals surface area contributed by atoms with E-state index < -0.39 is 0 Å². The van der Waals surface area contributed by atoms with E-state index in [1.807, 2.05) is 30.3 Å². The molecule has 3 aromatic rings. The van der Waals surface area contributed by atoms with E-state index in [9.17, 15) is 4.79 Å². The first-order valence-corrected chi connectivity index (χ1v) is 12.5. The third kappa shape index (κ3) is 6.29. The Kier molecular flexibility index (Phi) is 9.74. The summed E-state index contributed by atoms with van der Waals surface area (Å²) in [5.74, 6) is 0.548. The number of piperidine rings is 1. The molecular formula is C25H29Cl3N4OS. The van der Waals surface area contributed by atoms with Gasteiger partial charge in [0.15, 0.2) is 0 Å². The summed E-state index contributed by atoms with van der Waals surface area (Å²) < 4.78 is 0. The molecule has 34 heavy (non-hydrogen) atoms. The van der Waals surface area contributed by atoms with E-state index in [-0.39, 0.29) is 30.7 Å². The number of aryl methyl sites for hydroxylation is 1. The Morgan fingerprint density at radius 2 is 1.97 bits per heavy atom. The van der Waals surface area contributed by atoms with Gasteiger partial charge >= 0.3 is 0 Å². The number of H-pyrrole nitrogens is 1. The first kappa shape index (κ1) is 26.9. The summed E-state index contributed by atoms with van der Waals surface area (Å²) in [5.41, 5.74) is 3.17. The molecule has 0 unspecified atom stereocenters. The number of carbonyl (C=O) groups is 1. The molecule has 0 aliphatic carbocycles. The highest BCUT2D eigenvalue weighted by Crippen LogP contribution is 2.39. The highest BCUT2D eigenvalue weighted by Gasteiger charge is 2.23. The van der Waals surface area contributed by atoms with Crippen molar-refractivity contribution >= 4 is 71.1 Å². The van der Waals surface area contributed by atoms with Crippen LogP contribution < -0.4 is 5.32 Å². The minimum absolute atomic E-state index is 0. The van der Waals surface area contributed by atoms with Crippen molar-refractivity contribution in [2.75, 3.05) is 26.2 Å². The van der Waals surface area contributed by atoms with E-state index in [1.165, 1.54) is 17.3 Å². The largest absolute Gasteiger partial charge is 0.351 e. The smallest absolute Gasteiger partial charge is 0.258 e. The summed E-state index contributed by atoms with van der Waals surface area (Å²) in [6.45, 7) is 4.07. The summed E-state index contributed by atoms with van der Waals surface area (Å²) in [6, 6.07) is 14.2. The van der Waals surface area contributed by atoms with Gasteiger partial charge < -0.3 is 10.2 Å². The number of likely N-dealkylation sites (tertiary alicyclic amines) is 1. The zero-order chi connectivity index (χ0) is 21.9. The standard InChI is InChI=1S/C25H27ClN4OS.2ClH/c26-19-6-1-4-17(14-19)5-3-11-30-12-9-18(10-13-30)16-27-25(31)23-15-21-24-20(28-29-21)7-2-8-22(24)32-23;;/h1-2,4,6-8,14-15,18H,3,5,9-13,16H2,(H,27,31)(H,28,29);2*1H. The van der Waals surface area contributed by atoms with E-state index in [0.717, 1.165) is 83.3 Å². The summed E-state index contributed by atoms with van der Waals surface area (Å²) in [4.78, 5) is 17.1. The monoisotopic (exact) mass is 538 g/mol. The van der Waals surface area contributed by atoms with E-state index in [1.54, 1.807) is 0 Å². The molecule has 0 saturated carbocycles. The second kappa shape index (κ2) is 12.3. The highest BCUT2D eigenvalue weighted by molar-refractivity contribution is 8.04. The first-order valence-electron chi connectivity index (χ1n) is 11.3. The number of benzene rings is 2. The van der Waals surface area contributed by atoms with Gasteiger partial charge in [-0.2, -0.15) is 5.10 Å². The lowest BCUT2D eigenvalue weighted by Crippen LogP contribution is -2.39. The molecule has 182 valence electrons. The summed E-state index contributed by atoms with van der Waals surface area (Å²) in [5, 5.41) is 12.5. The topological polar surface area (TPSA) is 61.0 Å². The van der Waals surface area contributed by atoms with Crippen molar-refractivity contribution < 1.29 is 4.79 Å². The fraction of sp³-hybridized carbons (Fsp3) is 0.360. The van der Waals surface area contributed by atoms with Gasteiger partial charge in [0, 0.05) is 21.8 Å². The maximum Gasteiger partial charge on any atom is 0.258 e. The molecule has 0 bridgehead atoms. The zero-order valence-electron chi connectivity index (χ0n) is 18.8. The fourth-order valence-electron chi connectivity index (χ4n) is 4.58. The summed E-state index contributed by atoms with van der Waals surface area (Å²) in [7, 11) is 0. The average Bonchev–Trinajstić information content (AvgIpc) is 3.23. The quantitative estimate of drug-likeness (QED) is 0.388. The van der Waals surface area contributed by atoms with Crippen LogP contribution in [0.4, 0.5) is 0 Å². The number of carbonyl (C=O) groups excluding carboxylic acids is 1. The van der Waals surface area contributed by atoms with E-state index in [2.05, 4.69) is 38.6 Å². The molecule has 2 aromatic carbocycles. The molecule has 2 N–H and O–H groups in total. The van der Waals surface area contributed by atoms with Crippen LogP contribution in [-0.4, -0.2) is 47.2 Å². The second-order valence-electron chi connectivity index (χ2n) is 8.63. The van der Waals surface area contributed by atoms with Gasteiger partial charge in [-0.05, 0) is 87.1 Å². The van der Waals surface area contributed by atoms with Crippen LogP contribution in [0, 0.1) is 5.92 Å². The number of hydrogen-bond donors (Lipinski definition) is 2. The van der Waals surface area contributed by atoms with E-state index >= 15 is 0 Å². The van der Waals surface area contributed by atoms with Gasteiger partial charge in [0.25, 0.3) is 5.91 Å². The van der Waals surface area contributed by atoms with Gasteiger partial charge in [0.05, 0.1) is 16.1 Å². The van der Waals surface area contributed by atoms with Crippen LogP contribution in [0.25, 0.3) is 17.0 Å². The molecule has 0 radical (unpaired) electrons. The normalized spacial score (nSPS) is 15.9. The van der Waals surface area contributed by atoms with Gasteiger partial charge in [-0.3, -0.25) is 9.89 Å². The highest BCUT2D eigenvalue weighted by atomic mass is 35.5. The Hall–Kier alpha value is -1.70. The van der Waals surface area contributed by atoms with Crippen LogP contribution >= 0.6 is 48.2 Å². The van der Waals surface area contributed by atoms with Crippen molar-refractivity contribution in [1.29, 1.82) is 0 Å². The Morgan fingerprint density at radius 1 is 1.18 bits per heavy atom. The predicted molar refractivity (Wildman–Crippen MR) is 146 cm³/mol. The SMILES string of the molecule is Cl.Cl.O=C(NCC1CCN(CCCc2cccc(Cl)c2)CC1)C1=Cc2n[nH]c3cccc(c23)S1. The molecule has 1 saturated heterocycles. The van der Waals surface area contributed by atoms with Crippen LogP contribution in [0.15, 0.2) is 52.3 Å². The number of hydrogen-bond acceptors (Lipinski definition) is 4. The number of nitrogens with one attached hydrogen (secondary N) is 2. The lowest BCUT2D eigenvalue weighted by molar-refractivity contribution is -0.117. The number of aromatic amines is 1. The second-order valence-corrected chi connectivity index (χ2v) is 10.1. The minimum Gasteiger partial charge on any atom is -0.351 e. The number of halogens is 3. The van der Waals surface area contributed by atoms with Crippen LogP contribution in [-0.2, 0) is 11.2 Å². The van der Waals surface area contributed by atoms with Crippen LogP contribution in [0.3, 0.4) is 0 Å². The van der Waals surface area contributed by atoms with Crippen molar-refractivity contribution in [3.63, 3.8) is 0 Å². The molecule has 2 aliphatic heterocycles. The first-order chi connectivity index (χ1) is 15.7. The third-order valence-corrected chi connectivity index (χ3v) is 7.70. The number of amides is 1. The zero-order valence-corrected chi connectivity index (χ0v) is 22.0. The van der Waals surface area contributed by atoms with Crippen molar-refractivity contribution in [3.8, 4) is 0 Å². The van der Waals surface area contributed by atoms with Crippen LogP contribution in [0.5, 0.6) is 0 Å². The number of thioether (sulfide) groups is 1. The maximum absolute atomic E-state index is 12.8. The molecule has 0 spiro atoms. The van der Waals surface area contributed by atoms with Crippen molar-refractivity contribution in [2.24, 2.45) is 5.92 Å². The molecule has 2 aliphatic rings. The minimum atomic E-state index is 0. The predicted octanol–water partition coefficient (Wildman–Crippen LogP) is 5.97. The fourth-order valence-corrected chi connectivity index (χ4v) is 5.82. The number of rotatable bonds is 7. The lowest BCUT2D eigenvalue weighted by Gasteiger charge is -2.32. The Balaban J connectivity index is 0.00000162. The van der Waals surface area contributed by atoms with Crippen molar-refractivity contribution in [2.45, 2.75) is 30.6 Å². The van der Waals surface area contributed by atoms with Crippen LogP contribution in [0.1, 0.15) is 30.5 Å². The summed E-state index contributed by atoms with van der Waals surface area (Å²) in [6.07, 6.45) is 6.37. The molecule has 9 heteroatoms. The molecular weight excluding hydrogens is 511 g/mol. The van der Waals surface area contributed by atoms with Crippen molar-refractivity contribution in [3.05, 3.63) is 63.6 Å². The Labute approximate surface area is 221 Å². The Bertz CT molecular complexity index is 1160. The lowest BCUT2D eigenvalue weighted by atomic mass is 9.96. The van der Waals surface area contributed by atoms with Gasteiger partial charge in [0.2, 0.25) is 0 Å². The van der Waals surface area contributed by atoms with E-state index in [4.69, 9.17) is 11.6 Å². The molecule has 1 aromatic heterocycles. The molecule has 1 amide bonds. The number of aromatic nitrogens is 2. The maximum atomic E-state index is 12.8. The van der Waals surface area contributed by atoms with Gasteiger partial charge in [-0.1, -0.05) is 41.6 Å². The van der Waals surface area contributed by atoms with Crippen molar-refractivity contribution in [1.82, 2.24) is 20.4 Å². The molecule has 5 rings (SSSR count). The van der Waals surface area contributed by atoms with Gasteiger partial charge in [-0.15, -0.1) is 24.8 Å². The molecule has 0 atom stereocenters. The molecule has 5 nitrogen and oxygen atoms in total.